The van der Waals surface area contributed by atoms with Crippen LogP contribution in [0.4, 0.5) is 4.39 Å². The van der Waals surface area contributed by atoms with Crippen molar-refractivity contribution in [3.8, 4) is 0 Å². The van der Waals surface area contributed by atoms with Gasteiger partial charge in [-0.25, -0.2) is 4.39 Å². The van der Waals surface area contributed by atoms with E-state index in [1.54, 1.807) is 12.1 Å². The van der Waals surface area contributed by atoms with E-state index < -0.39 is 0 Å². The fourth-order valence-corrected chi connectivity index (χ4v) is 2.77. The summed E-state index contributed by atoms with van der Waals surface area (Å²) in [6.45, 7) is 12.2. The molecule has 1 aliphatic rings. The average Bonchev–Trinajstić information content (AvgIpc) is 2.37. The zero-order chi connectivity index (χ0) is 13.8. The molecular weight excluding hydrogens is 239 g/mol. The standard InChI is InChI=1S/C16H23FN2/c1-12(2)10-16(19-8-6-18-7-9-19)15-5-4-14(17)11-13(15)3/h4-5,11,16,18H,1,6-10H2,2-3H3/t16-/m0/s1. The van der Waals surface area contributed by atoms with Gasteiger partial charge in [-0.15, -0.1) is 6.58 Å². The molecule has 0 unspecified atom stereocenters. The maximum Gasteiger partial charge on any atom is 0.123 e. The molecule has 0 bridgehead atoms. The maximum atomic E-state index is 13.3. The van der Waals surface area contributed by atoms with Crippen LogP contribution < -0.4 is 5.32 Å². The van der Waals surface area contributed by atoms with E-state index >= 15 is 0 Å². The van der Waals surface area contributed by atoms with Gasteiger partial charge in [-0.1, -0.05) is 11.6 Å². The van der Waals surface area contributed by atoms with Crippen LogP contribution in [0.1, 0.15) is 30.5 Å². The number of piperazine rings is 1. The van der Waals surface area contributed by atoms with Gasteiger partial charge in [-0.3, -0.25) is 4.90 Å². The molecule has 0 saturated carbocycles. The zero-order valence-corrected chi connectivity index (χ0v) is 11.9. The predicted molar refractivity (Wildman–Crippen MR) is 77.8 cm³/mol. The molecule has 0 radical (unpaired) electrons. The molecular formula is C16H23FN2. The van der Waals surface area contributed by atoms with E-state index in [-0.39, 0.29) is 5.82 Å². The van der Waals surface area contributed by atoms with Crippen molar-refractivity contribution >= 4 is 0 Å². The quantitative estimate of drug-likeness (QED) is 0.839. The molecule has 2 rings (SSSR count). The predicted octanol–water partition coefficient (Wildman–Crippen LogP) is 3.05. The summed E-state index contributed by atoms with van der Waals surface area (Å²) in [5.74, 6) is -0.157. The third-order valence-electron chi connectivity index (χ3n) is 3.73. The van der Waals surface area contributed by atoms with Crippen molar-refractivity contribution in [2.45, 2.75) is 26.3 Å². The van der Waals surface area contributed by atoms with Gasteiger partial charge in [0.1, 0.15) is 5.82 Å². The first-order valence-corrected chi connectivity index (χ1v) is 6.93. The van der Waals surface area contributed by atoms with Gasteiger partial charge in [0, 0.05) is 32.2 Å². The monoisotopic (exact) mass is 262 g/mol. The van der Waals surface area contributed by atoms with E-state index in [0.29, 0.717) is 6.04 Å². The van der Waals surface area contributed by atoms with Crippen molar-refractivity contribution in [3.05, 3.63) is 47.3 Å². The summed E-state index contributed by atoms with van der Waals surface area (Å²) in [5, 5.41) is 3.37. The SMILES string of the molecule is C=C(C)C[C@@H](c1ccc(F)cc1C)N1CCNCC1. The first-order valence-electron chi connectivity index (χ1n) is 6.93. The molecule has 1 N–H and O–H groups in total. The Labute approximate surface area is 115 Å². The van der Waals surface area contributed by atoms with Gasteiger partial charge in [-0.2, -0.15) is 0 Å². The van der Waals surface area contributed by atoms with Crippen LogP contribution in [0.3, 0.4) is 0 Å². The van der Waals surface area contributed by atoms with E-state index in [9.17, 15) is 4.39 Å². The molecule has 0 aromatic heterocycles. The molecule has 19 heavy (non-hydrogen) atoms. The van der Waals surface area contributed by atoms with E-state index in [1.165, 1.54) is 11.1 Å². The molecule has 0 aliphatic carbocycles. The number of hydrogen-bond donors (Lipinski definition) is 1. The summed E-state index contributed by atoms with van der Waals surface area (Å²) in [5.41, 5.74) is 3.43. The second-order valence-corrected chi connectivity index (χ2v) is 5.46. The van der Waals surface area contributed by atoms with Crippen LogP contribution in [0, 0.1) is 12.7 Å². The molecule has 2 nitrogen and oxygen atoms in total. The summed E-state index contributed by atoms with van der Waals surface area (Å²) in [4.78, 5) is 2.48. The molecule has 0 amide bonds. The van der Waals surface area contributed by atoms with E-state index in [1.807, 2.05) is 13.0 Å². The van der Waals surface area contributed by atoms with Crippen LogP contribution in [-0.4, -0.2) is 31.1 Å². The van der Waals surface area contributed by atoms with Crippen molar-refractivity contribution in [2.75, 3.05) is 26.2 Å². The summed E-state index contributed by atoms with van der Waals surface area (Å²) >= 11 is 0. The molecule has 1 fully saturated rings. The highest BCUT2D eigenvalue weighted by molar-refractivity contribution is 5.30. The van der Waals surface area contributed by atoms with Gasteiger partial charge in [-0.05, 0) is 43.5 Å². The lowest BCUT2D eigenvalue weighted by atomic mass is 9.94. The van der Waals surface area contributed by atoms with Gasteiger partial charge >= 0.3 is 0 Å². The zero-order valence-electron chi connectivity index (χ0n) is 11.9. The maximum absolute atomic E-state index is 13.3. The lowest BCUT2D eigenvalue weighted by molar-refractivity contribution is 0.172. The molecule has 1 heterocycles. The van der Waals surface area contributed by atoms with Crippen molar-refractivity contribution < 1.29 is 4.39 Å². The normalized spacial score (nSPS) is 18.3. The van der Waals surface area contributed by atoms with Gasteiger partial charge in [0.05, 0.1) is 0 Å². The first-order chi connectivity index (χ1) is 9.08. The number of benzene rings is 1. The van der Waals surface area contributed by atoms with E-state index in [2.05, 4.69) is 23.7 Å². The minimum Gasteiger partial charge on any atom is -0.314 e. The van der Waals surface area contributed by atoms with Crippen molar-refractivity contribution in [2.24, 2.45) is 0 Å². The lowest BCUT2D eigenvalue weighted by Gasteiger charge is -2.36. The Balaban J connectivity index is 2.27. The van der Waals surface area contributed by atoms with Crippen LogP contribution in [-0.2, 0) is 0 Å². The Morgan fingerprint density at radius 2 is 2.11 bits per heavy atom. The summed E-state index contributed by atoms with van der Waals surface area (Å²) in [6.07, 6.45) is 0.937. The van der Waals surface area contributed by atoms with Gasteiger partial charge < -0.3 is 5.32 Å². The second-order valence-electron chi connectivity index (χ2n) is 5.46. The highest BCUT2D eigenvalue weighted by Gasteiger charge is 2.23. The van der Waals surface area contributed by atoms with Gasteiger partial charge in [0.25, 0.3) is 0 Å². The Morgan fingerprint density at radius 1 is 1.42 bits per heavy atom. The Bertz CT molecular complexity index is 450. The number of aryl methyl sites for hydroxylation is 1. The van der Waals surface area contributed by atoms with E-state index in [0.717, 1.165) is 38.2 Å². The molecule has 0 spiro atoms. The lowest BCUT2D eigenvalue weighted by Crippen LogP contribution is -2.45. The van der Waals surface area contributed by atoms with Crippen LogP contribution in [0.25, 0.3) is 0 Å². The number of nitrogens with one attached hydrogen (secondary N) is 1. The van der Waals surface area contributed by atoms with E-state index in [4.69, 9.17) is 0 Å². The molecule has 1 atom stereocenters. The van der Waals surface area contributed by atoms with Crippen molar-refractivity contribution in [1.29, 1.82) is 0 Å². The molecule has 1 aliphatic heterocycles. The van der Waals surface area contributed by atoms with Crippen LogP contribution >= 0.6 is 0 Å². The summed E-state index contributed by atoms with van der Waals surface area (Å²) in [6, 6.07) is 5.44. The summed E-state index contributed by atoms with van der Waals surface area (Å²) in [7, 11) is 0. The molecule has 1 saturated heterocycles. The Morgan fingerprint density at radius 3 is 2.68 bits per heavy atom. The molecule has 104 valence electrons. The van der Waals surface area contributed by atoms with Crippen molar-refractivity contribution in [3.63, 3.8) is 0 Å². The summed E-state index contributed by atoms with van der Waals surface area (Å²) < 4.78 is 13.3. The third-order valence-corrected chi connectivity index (χ3v) is 3.73. The van der Waals surface area contributed by atoms with Gasteiger partial charge in [0.15, 0.2) is 0 Å². The largest absolute Gasteiger partial charge is 0.314 e. The molecule has 1 aromatic rings. The van der Waals surface area contributed by atoms with Gasteiger partial charge in [0.2, 0.25) is 0 Å². The Hall–Kier alpha value is -1.19. The topological polar surface area (TPSA) is 15.3 Å². The number of nitrogens with zero attached hydrogens (tertiary/aromatic N) is 1. The highest BCUT2D eigenvalue weighted by atomic mass is 19.1. The fourth-order valence-electron chi connectivity index (χ4n) is 2.77. The second kappa shape index (κ2) is 6.31. The molecule has 1 aromatic carbocycles. The number of hydrogen-bond acceptors (Lipinski definition) is 2. The highest BCUT2D eigenvalue weighted by Crippen LogP contribution is 2.30. The number of halogens is 1. The average molecular weight is 262 g/mol. The number of rotatable bonds is 4. The molecule has 3 heteroatoms. The Kier molecular flexibility index (Phi) is 4.72. The van der Waals surface area contributed by atoms with Crippen LogP contribution in [0.2, 0.25) is 0 Å². The minimum atomic E-state index is -0.157. The minimum absolute atomic E-state index is 0.157. The third kappa shape index (κ3) is 3.64. The van der Waals surface area contributed by atoms with Crippen LogP contribution in [0.5, 0.6) is 0 Å². The first kappa shape index (κ1) is 14.2. The smallest absolute Gasteiger partial charge is 0.123 e. The fraction of sp³-hybridized carbons (Fsp3) is 0.500. The van der Waals surface area contributed by atoms with Crippen molar-refractivity contribution in [1.82, 2.24) is 10.2 Å². The van der Waals surface area contributed by atoms with Crippen LogP contribution in [0.15, 0.2) is 30.4 Å².